The van der Waals surface area contributed by atoms with E-state index in [0.717, 1.165) is 5.56 Å². The first kappa shape index (κ1) is 21.8. The number of hydrogen-bond donors (Lipinski definition) is 3. The molecule has 0 aliphatic carbocycles. The van der Waals surface area contributed by atoms with Crippen LogP contribution in [0.3, 0.4) is 0 Å². The van der Waals surface area contributed by atoms with Crippen LogP contribution in [0.4, 0.5) is 5.69 Å². The van der Waals surface area contributed by atoms with Gasteiger partial charge < -0.3 is 20.7 Å². The molecular weight excluding hydrogens is 398 g/mol. The maximum Gasteiger partial charge on any atom is 0.251 e. The van der Waals surface area contributed by atoms with Crippen LogP contribution < -0.4 is 16.0 Å². The summed E-state index contributed by atoms with van der Waals surface area (Å²) in [5.41, 5.74) is 2.00. The minimum absolute atomic E-state index is 0.168. The molecule has 3 N–H and O–H groups in total. The van der Waals surface area contributed by atoms with Gasteiger partial charge in [-0.05, 0) is 48.5 Å². The Morgan fingerprint density at radius 1 is 1.14 bits per heavy atom. The van der Waals surface area contributed by atoms with E-state index in [1.165, 1.54) is 0 Å². The highest BCUT2D eigenvalue weighted by molar-refractivity contribution is 7.80. The predicted octanol–water partition coefficient (Wildman–Crippen LogP) is 3.16. The molecule has 0 aliphatic rings. The molecule has 0 aromatic heterocycles. The third-order valence-corrected chi connectivity index (χ3v) is 4.38. The Hall–Kier alpha value is -2.48. The molecule has 0 saturated carbocycles. The van der Waals surface area contributed by atoms with Crippen molar-refractivity contribution in [3.8, 4) is 0 Å². The van der Waals surface area contributed by atoms with E-state index >= 15 is 0 Å². The van der Waals surface area contributed by atoms with Crippen molar-refractivity contribution in [2.75, 3.05) is 25.6 Å². The number of amides is 2. The van der Waals surface area contributed by atoms with Gasteiger partial charge in [-0.15, -0.1) is 0 Å². The number of hydrogen-bond acceptors (Lipinski definition) is 4. The highest BCUT2D eigenvalue weighted by atomic mass is 35.5. The summed E-state index contributed by atoms with van der Waals surface area (Å²) in [7, 11) is 1.57. The number of rotatable bonds is 8. The second-order valence-electron chi connectivity index (χ2n) is 5.92. The fourth-order valence-corrected chi connectivity index (χ4v) is 2.87. The lowest BCUT2D eigenvalue weighted by Gasteiger charge is -2.11. The summed E-state index contributed by atoms with van der Waals surface area (Å²) in [4.78, 5) is 24.2. The van der Waals surface area contributed by atoms with Crippen LogP contribution in [-0.4, -0.2) is 37.2 Å². The molecule has 2 aromatic carbocycles. The Kier molecular flexibility index (Phi) is 8.87. The molecule has 0 bridgehead atoms. The Labute approximate surface area is 174 Å². The van der Waals surface area contributed by atoms with Crippen molar-refractivity contribution in [1.29, 1.82) is 0 Å². The minimum Gasteiger partial charge on any atom is -0.383 e. The number of carbonyl (C=O) groups excluding carboxylic acids is 2. The van der Waals surface area contributed by atoms with Crippen molar-refractivity contribution in [2.24, 2.45) is 0 Å². The van der Waals surface area contributed by atoms with Gasteiger partial charge in [0, 0.05) is 36.3 Å². The summed E-state index contributed by atoms with van der Waals surface area (Å²) >= 11 is 11.3. The zero-order valence-corrected chi connectivity index (χ0v) is 17.0. The summed E-state index contributed by atoms with van der Waals surface area (Å²) in [6.07, 6.45) is 0.777. The van der Waals surface area contributed by atoms with Crippen LogP contribution in [0.25, 0.3) is 0 Å². The lowest BCUT2D eigenvalue weighted by atomic mass is 10.1. The summed E-state index contributed by atoms with van der Waals surface area (Å²) in [5.74, 6) is -0.429. The molecule has 0 fully saturated rings. The maximum absolute atomic E-state index is 12.1. The lowest BCUT2D eigenvalue weighted by Crippen LogP contribution is -2.34. The molecule has 2 amide bonds. The Morgan fingerprint density at radius 2 is 1.93 bits per heavy atom. The van der Waals surface area contributed by atoms with Crippen LogP contribution >= 0.6 is 23.8 Å². The van der Waals surface area contributed by atoms with E-state index < -0.39 is 0 Å². The number of nitrogens with one attached hydrogen (secondary N) is 3. The summed E-state index contributed by atoms with van der Waals surface area (Å²) in [6, 6.07) is 14.2. The molecule has 0 spiro atoms. The average Bonchev–Trinajstić information content (AvgIpc) is 2.67. The molecule has 0 unspecified atom stereocenters. The number of methoxy groups -OCH3 is 1. The highest BCUT2D eigenvalue weighted by Crippen LogP contribution is 2.16. The number of aryl methyl sites for hydroxylation is 1. The zero-order valence-electron chi connectivity index (χ0n) is 15.5. The smallest absolute Gasteiger partial charge is 0.251 e. The quantitative estimate of drug-likeness (QED) is 0.452. The summed E-state index contributed by atoms with van der Waals surface area (Å²) in [6.45, 7) is 0.862. The largest absolute Gasteiger partial charge is 0.383 e. The van der Waals surface area contributed by atoms with Crippen LogP contribution in [-0.2, 0) is 16.0 Å². The van der Waals surface area contributed by atoms with E-state index in [2.05, 4.69) is 16.0 Å². The van der Waals surface area contributed by atoms with Crippen LogP contribution in [0.5, 0.6) is 0 Å². The molecule has 6 nitrogen and oxygen atoms in total. The number of ether oxygens (including phenoxy) is 1. The van der Waals surface area contributed by atoms with Crippen molar-refractivity contribution in [1.82, 2.24) is 10.6 Å². The first-order valence-electron chi connectivity index (χ1n) is 8.71. The van der Waals surface area contributed by atoms with Gasteiger partial charge in [0.1, 0.15) is 0 Å². The number of thiocarbonyl (C=S) groups is 1. The van der Waals surface area contributed by atoms with Crippen LogP contribution in [0, 0.1) is 0 Å². The normalized spacial score (nSPS) is 10.2. The SMILES string of the molecule is COCCNC(=O)c1cccc(NC(=S)NC(=O)CCc2ccccc2Cl)c1. The molecule has 0 atom stereocenters. The molecule has 0 radical (unpaired) electrons. The Balaban J connectivity index is 1.83. The number of benzene rings is 2. The third kappa shape index (κ3) is 7.26. The molecular formula is C20H22ClN3O3S. The van der Waals surface area contributed by atoms with Gasteiger partial charge in [-0.25, -0.2) is 0 Å². The molecule has 0 aliphatic heterocycles. The molecule has 148 valence electrons. The number of halogens is 1. The fourth-order valence-electron chi connectivity index (χ4n) is 2.41. The van der Waals surface area contributed by atoms with Crippen LogP contribution in [0.1, 0.15) is 22.3 Å². The predicted molar refractivity (Wildman–Crippen MR) is 115 cm³/mol. The monoisotopic (exact) mass is 419 g/mol. The van der Waals surface area contributed by atoms with Gasteiger partial charge >= 0.3 is 0 Å². The van der Waals surface area contributed by atoms with E-state index in [4.69, 9.17) is 28.6 Å². The third-order valence-electron chi connectivity index (χ3n) is 3.81. The first-order chi connectivity index (χ1) is 13.5. The highest BCUT2D eigenvalue weighted by Gasteiger charge is 2.09. The van der Waals surface area contributed by atoms with Crippen LogP contribution in [0.15, 0.2) is 48.5 Å². The Morgan fingerprint density at radius 3 is 2.68 bits per heavy atom. The van der Waals surface area contributed by atoms with Crippen molar-refractivity contribution in [2.45, 2.75) is 12.8 Å². The minimum atomic E-state index is -0.217. The second kappa shape index (κ2) is 11.4. The van der Waals surface area contributed by atoms with Crippen LogP contribution in [0.2, 0.25) is 5.02 Å². The van der Waals surface area contributed by atoms with Crippen molar-refractivity contribution in [3.63, 3.8) is 0 Å². The Bertz CT molecular complexity index is 845. The van der Waals surface area contributed by atoms with Gasteiger partial charge in [-0.1, -0.05) is 35.9 Å². The average molecular weight is 420 g/mol. The van der Waals surface area contributed by atoms with Gasteiger partial charge in [0.15, 0.2) is 5.11 Å². The van der Waals surface area contributed by atoms with Gasteiger partial charge in [-0.2, -0.15) is 0 Å². The summed E-state index contributed by atoms with van der Waals surface area (Å²) in [5, 5.41) is 9.09. The molecule has 28 heavy (non-hydrogen) atoms. The van der Waals surface area contributed by atoms with E-state index in [-0.39, 0.29) is 23.3 Å². The zero-order chi connectivity index (χ0) is 20.4. The number of anilines is 1. The van der Waals surface area contributed by atoms with E-state index in [1.54, 1.807) is 37.4 Å². The van der Waals surface area contributed by atoms with Gasteiger partial charge in [0.2, 0.25) is 5.91 Å². The second-order valence-corrected chi connectivity index (χ2v) is 6.74. The summed E-state index contributed by atoms with van der Waals surface area (Å²) < 4.78 is 4.90. The van der Waals surface area contributed by atoms with Gasteiger partial charge in [0.05, 0.1) is 6.61 Å². The van der Waals surface area contributed by atoms with Gasteiger partial charge in [0.25, 0.3) is 5.91 Å². The molecule has 8 heteroatoms. The van der Waals surface area contributed by atoms with Crippen molar-refractivity contribution >= 4 is 46.4 Å². The van der Waals surface area contributed by atoms with Gasteiger partial charge in [-0.3, -0.25) is 9.59 Å². The molecule has 0 saturated heterocycles. The van der Waals surface area contributed by atoms with E-state index in [0.29, 0.717) is 35.8 Å². The topological polar surface area (TPSA) is 79.5 Å². The van der Waals surface area contributed by atoms with Crippen molar-refractivity contribution < 1.29 is 14.3 Å². The van der Waals surface area contributed by atoms with E-state index in [1.807, 2.05) is 18.2 Å². The lowest BCUT2D eigenvalue weighted by molar-refractivity contribution is -0.119. The first-order valence-corrected chi connectivity index (χ1v) is 9.49. The van der Waals surface area contributed by atoms with E-state index in [9.17, 15) is 9.59 Å². The standard InChI is InChI=1S/C20H22ClN3O3S/c1-27-12-11-22-19(26)15-6-4-7-16(13-15)23-20(28)24-18(25)10-9-14-5-2-3-8-17(14)21/h2-8,13H,9-12H2,1H3,(H,22,26)(H2,23,24,25,28). The molecule has 2 rings (SSSR count). The van der Waals surface area contributed by atoms with Crippen molar-refractivity contribution in [3.05, 3.63) is 64.7 Å². The number of carbonyl (C=O) groups is 2. The maximum atomic E-state index is 12.1. The fraction of sp³-hybridized carbons (Fsp3) is 0.250. The molecule has 0 heterocycles. The molecule has 2 aromatic rings.